The van der Waals surface area contributed by atoms with Crippen LogP contribution in [-0.2, 0) is 13.3 Å². The molecule has 0 heterocycles. The van der Waals surface area contributed by atoms with E-state index in [1.165, 1.54) is 0 Å². The third-order valence-electron chi connectivity index (χ3n) is 2.01. The van der Waals surface area contributed by atoms with Crippen LogP contribution >= 0.6 is 0 Å². The first-order chi connectivity index (χ1) is 8.62. The lowest BCUT2D eigenvalue weighted by Crippen LogP contribution is -2.28. The van der Waals surface area contributed by atoms with Crippen LogP contribution in [0.3, 0.4) is 0 Å². The van der Waals surface area contributed by atoms with E-state index in [1.807, 2.05) is 0 Å². The summed E-state index contributed by atoms with van der Waals surface area (Å²) in [6, 6.07) is 0. The highest BCUT2D eigenvalue weighted by Gasteiger charge is 2.13. The van der Waals surface area contributed by atoms with Crippen LogP contribution in [0.4, 0.5) is 0 Å². The third kappa shape index (κ3) is 18.4. The summed E-state index contributed by atoms with van der Waals surface area (Å²) in [5, 5.41) is 0. The molecule has 0 saturated carbocycles. The second-order valence-corrected chi connectivity index (χ2v) is 5.87. The van der Waals surface area contributed by atoms with Crippen molar-refractivity contribution in [3.63, 3.8) is 0 Å². The van der Waals surface area contributed by atoms with Crippen LogP contribution in [0, 0.1) is 0 Å². The summed E-state index contributed by atoms with van der Waals surface area (Å²) >= 11 is 0. The summed E-state index contributed by atoms with van der Waals surface area (Å²) in [4.78, 5) is 2.12. The van der Waals surface area contributed by atoms with E-state index in [9.17, 15) is 0 Å². The normalized spacial score (nSPS) is 10.7. The lowest BCUT2D eigenvalue weighted by molar-refractivity contribution is 0.0933. The van der Waals surface area contributed by atoms with Crippen molar-refractivity contribution >= 4 is 9.53 Å². The Bertz CT molecular complexity index is 129. The van der Waals surface area contributed by atoms with Gasteiger partial charge in [-0.25, -0.2) is 0 Å². The van der Waals surface area contributed by atoms with Gasteiger partial charge in [0, 0.05) is 19.8 Å². The molecule has 0 aromatic heterocycles. The fraction of sp³-hybridized carbons (Fsp3) is 1.00. The van der Waals surface area contributed by atoms with Gasteiger partial charge in [-0.05, 0) is 39.9 Å². The van der Waals surface area contributed by atoms with Crippen LogP contribution in [0.15, 0.2) is 0 Å². The highest BCUT2D eigenvalue weighted by atomic mass is 28.3. The summed E-state index contributed by atoms with van der Waals surface area (Å²) < 4.78 is 16.5. The van der Waals surface area contributed by atoms with Crippen molar-refractivity contribution in [3.8, 4) is 0 Å². The van der Waals surface area contributed by atoms with Crippen LogP contribution in [0.5, 0.6) is 0 Å². The van der Waals surface area contributed by atoms with Crippen molar-refractivity contribution < 1.29 is 13.3 Å². The monoisotopic (exact) mass is 279 g/mol. The molecular weight excluding hydrogens is 246 g/mol. The zero-order chi connectivity index (χ0) is 14.2. The van der Waals surface area contributed by atoms with Gasteiger partial charge in [-0.15, -0.1) is 0 Å². The fourth-order valence-corrected chi connectivity index (χ4v) is 2.36. The molecule has 4 nitrogen and oxygen atoms in total. The smallest absolute Gasteiger partial charge is 0.376 e. The van der Waals surface area contributed by atoms with Gasteiger partial charge in [0.15, 0.2) is 0 Å². The highest BCUT2D eigenvalue weighted by molar-refractivity contribution is 6.36. The molecule has 18 heavy (non-hydrogen) atoms. The van der Waals surface area contributed by atoms with Crippen molar-refractivity contribution in [2.24, 2.45) is 0 Å². The zero-order valence-electron chi connectivity index (χ0n) is 13.2. The Labute approximate surface area is 116 Å². The van der Waals surface area contributed by atoms with E-state index in [-0.39, 0.29) is 0 Å². The minimum Gasteiger partial charge on any atom is -0.376 e. The molecule has 0 aromatic carbocycles. The summed E-state index contributed by atoms with van der Waals surface area (Å²) in [5.74, 6) is 0. The van der Waals surface area contributed by atoms with Crippen LogP contribution in [0.1, 0.15) is 47.0 Å². The molecule has 0 aliphatic carbocycles. The SMILES string of the molecule is CCCO[SiH](OCCC)OCCC.CCN(C)C. The molecule has 0 N–H and O–H groups in total. The topological polar surface area (TPSA) is 30.9 Å². The highest BCUT2D eigenvalue weighted by Crippen LogP contribution is 1.96. The predicted molar refractivity (Wildman–Crippen MR) is 80.1 cm³/mol. The Hall–Kier alpha value is 0.0569. The maximum atomic E-state index is 5.49. The first-order valence-electron chi connectivity index (χ1n) is 7.11. The van der Waals surface area contributed by atoms with Crippen LogP contribution in [0.2, 0.25) is 0 Å². The van der Waals surface area contributed by atoms with Gasteiger partial charge in [0.2, 0.25) is 0 Å². The Morgan fingerprint density at radius 1 is 0.722 bits per heavy atom. The number of hydrogen-bond acceptors (Lipinski definition) is 4. The Balaban J connectivity index is 0. The van der Waals surface area contributed by atoms with Crippen LogP contribution < -0.4 is 0 Å². The van der Waals surface area contributed by atoms with Crippen molar-refractivity contribution in [2.45, 2.75) is 47.0 Å². The van der Waals surface area contributed by atoms with Crippen molar-refractivity contribution in [2.75, 3.05) is 40.5 Å². The van der Waals surface area contributed by atoms with Gasteiger partial charge < -0.3 is 18.2 Å². The molecule has 112 valence electrons. The summed E-state index contributed by atoms with van der Waals surface area (Å²) in [6.07, 6.45) is 3.07. The molecule has 0 saturated heterocycles. The van der Waals surface area contributed by atoms with Gasteiger partial charge in [0.1, 0.15) is 0 Å². The average molecular weight is 279 g/mol. The molecule has 0 aliphatic heterocycles. The molecule has 0 aliphatic rings. The third-order valence-corrected chi connectivity index (χ3v) is 3.53. The lowest BCUT2D eigenvalue weighted by atomic mass is 10.5. The molecule has 0 aromatic rings. The first kappa shape index (κ1) is 20.4. The summed E-state index contributed by atoms with van der Waals surface area (Å²) in [5.41, 5.74) is 0. The Morgan fingerprint density at radius 2 is 1.00 bits per heavy atom. The number of rotatable bonds is 10. The van der Waals surface area contributed by atoms with E-state index in [1.54, 1.807) is 0 Å². The van der Waals surface area contributed by atoms with Gasteiger partial charge in [-0.3, -0.25) is 0 Å². The zero-order valence-corrected chi connectivity index (χ0v) is 14.4. The summed E-state index contributed by atoms with van der Waals surface area (Å²) in [6.45, 7) is 11.8. The van der Waals surface area contributed by atoms with E-state index in [0.29, 0.717) is 0 Å². The average Bonchev–Trinajstić information content (AvgIpc) is 2.38. The first-order valence-corrected chi connectivity index (χ1v) is 8.53. The van der Waals surface area contributed by atoms with E-state index in [2.05, 4.69) is 46.7 Å². The Kier molecular flexibility index (Phi) is 19.3. The van der Waals surface area contributed by atoms with Crippen molar-refractivity contribution in [3.05, 3.63) is 0 Å². The van der Waals surface area contributed by atoms with Gasteiger partial charge in [-0.1, -0.05) is 27.7 Å². The molecule has 5 heteroatoms. The number of hydrogen-bond donors (Lipinski definition) is 0. The fourth-order valence-electron chi connectivity index (χ4n) is 0.787. The lowest BCUT2D eigenvalue weighted by Gasteiger charge is -2.15. The molecular formula is C13H33NO3Si. The quantitative estimate of drug-likeness (QED) is 0.575. The second kappa shape index (κ2) is 17.1. The van der Waals surface area contributed by atoms with Crippen molar-refractivity contribution in [1.29, 1.82) is 0 Å². The largest absolute Gasteiger partial charge is 0.484 e. The predicted octanol–water partition coefficient (Wildman–Crippen LogP) is 2.55. The maximum absolute atomic E-state index is 5.49. The minimum absolute atomic E-state index is 0.754. The van der Waals surface area contributed by atoms with Gasteiger partial charge in [0.05, 0.1) is 0 Å². The van der Waals surface area contributed by atoms with Gasteiger partial charge in [-0.2, -0.15) is 0 Å². The minimum atomic E-state index is -1.79. The molecule has 0 fully saturated rings. The van der Waals surface area contributed by atoms with E-state index in [4.69, 9.17) is 13.3 Å². The maximum Gasteiger partial charge on any atom is 0.484 e. The van der Waals surface area contributed by atoms with Crippen LogP contribution in [-0.4, -0.2) is 54.9 Å². The standard InChI is InChI=1S/C9H22O3Si.C4H11N/c1-4-7-10-13(11-8-5-2)12-9-6-3;1-4-5(2)3/h13H,4-9H2,1-3H3;4H2,1-3H3. The molecule has 0 atom stereocenters. The molecule has 0 spiro atoms. The molecule has 0 unspecified atom stereocenters. The number of nitrogens with zero attached hydrogens (tertiary/aromatic N) is 1. The molecule has 0 radical (unpaired) electrons. The second-order valence-electron chi connectivity index (χ2n) is 4.30. The van der Waals surface area contributed by atoms with E-state index >= 15 is 0 Å². The summed E-state index contributed by atoms with van der Waals surface area (Å²) in [7, 11) is 2.32. The van der Waals surface area contributed by atoms with Gasteiger partial charge in [0.25, 0.3) is 0 Å². The molecule has 0 amide bonds. The van der Waals surface area contributed by atoms with E-state index < -0.39 is 9.53 Å². The Morgan fingerprint density at radius 3 is 1.17 bits per heavy atom. The van der Waals surface area contributed by atoms with Crippen molar-refractivity contribution in [1.82, 2.24) is 4.90 Å². The van der Waals surface area contributed by atoms with Crippen LogP contribution in [0.25, 0.3) is 0 Å². The molecule has 0 rings (SSSR count). The van der Waals surface area contributed by atoms with Gasteiger partial charge >= 0.3 is 9.53 Å². The molecule has 0 bridgehead atoms. The van der Waals surface area contributed by atoms with E-state index in [0.717, 1.165) is 45.6 Å².